The SMILES string of the molecule is CCOc1cc(C(=O)O[C@@H](C)C(=O)c2ccc(NC(=O)C(C)C)cc2)ccc1OC. The fraction of sp³-hybridized carbons (Fsp3) is 0.348. The minimum absolute atomic E-state index is 0.109. The number of ketones is 1. The predicted octanol–water partition coefficient (Wildman–Crippen LogP) is 4.12. The number of hydrogen-bond acceptors (Lipinski definition) is 6. The summed E-state index contributed by atoms with van der Waals surface area (Å²) in [6, 6.07) is 11.1. The van der Waals surface area contributed by atoms with Crippen LogP contribution in [0.5, 0.6) is 11.5 Å². The van der Waals surface area contributed by atoms with E-state index in [1.807, 2.05) is 6.92 Å². The van der Waals surface area contributed by atoms with Crippen LogP contribution in [0.25, 0.3) is 0 Å². The maximum absolute atomic E-state index is 12.6. The van der Waals surface area contributed by atoms with Crippen molar-refractivity contribution in [3.8, 4) is 11.5 Å². The number of amides is 1. The van der Waals surface area contributed by atoms with Gasteiger partial charge in [0, 0.05) is 17.2 Å². The summed E-state index contributed by atoms with van der Waals surface area (Å²) in [4.78, 5) is 36.8. The number of benzene rings is 2. The Bertz CT molecular complexity index is 904. The van der Waals surface area contributed by atoms with E-state index < -0.39 is 12.1 Å². The molecule has 2 aromatic carbocycles. The zero-order valence-electron chi connectivity index (χ0n) is 17.9. The first-order valence-electron chi connectivity index (χ1n) is 9.73. The Labute approximate surface area is 176 Å². The van der Waals surface area contributed by atoms with E-state index in [-0.39, 0.29) is 23.2 Å². The monoisotopic (exact) mass is 413 g/mol. The summed E-state index contributed by atoms with van der Waals surface area (Å²) in [5.41, 5.74) is 1.23. The van der Waals surface area contributed by atoms with Crippen LogP contribution >= 0.6 is 0 Å². The third-order valence-electron chi connectivity index (χ3n) is 4.31. The van der Waals surface area contributed by atoms with Crippen molar-refractivity contribution in [3.63, 3.8) is 0 Å². The van der Waals surface area contributed by atoms with E-state index in [0.29, 0.717) is 29.4 Å². The van der Waals surface area contributed by atoms with Gasteiger partial charge in [0.2, 0.25) is 11.7 Å². The van der Waals surface area contributed by atoms with Crippen LogP contribution in [0.1, 0.15) is 48.4 Å². The number of Topliss-reactive ketones (excluding diaryl/α,β-unsaturated/α-hetero) is 1. The van der Waals surface area contributed by atoms with Gasteiger partial charge in [-0.15, -0.1) is 0 Å². The van der Waals surface area contributed by atoms with E-state index >= 15 is 0 Å². The van der Waals surface area contributed by atoms with Gasteiger partial charge in [-0.1, -0.05) is 13.8 Å². The Morgan fingerprint density at radius 1 is 0.933 bits per heavy atom. The topological polar surface area (TPSA) is 90.9 Å². The van der Waals surface area contributed by atoms with E-state index in [9.17, 15) is 14.4 Å². The molecule has 0 aliphatic carbocycles. The van der Waals surface area contributed by atoms with Crippen LogP contribution in [0, 0.1) is 5.92 Å². The molecule has 0 fully saturated rings. The highest BCUT2D eigenvalue weighted by Gasteiger charge is 2.21. The second-order valence-electron chi connectivity index (χ2n) is 6.93. The molecule has 7 heteroatoms. The molecule has 1 N–H and O–H groups in total. The van der Waals surface area contributed by atoms with Gasteiger partial charge in [-0.25, -0.2) is 4.79 Å². The van der Waals surface area contributed by atoms with Crippen LogP contribution in [0.3, 0.4) is 0 Å². The highest BCUT2D eigenvalue weighted by molar-refractivity contribution is 6.02. The van der Waals surface area contributed by atoms with Gasteiger partial charge in [0.25, 0.3) is 0 Å². The summed E-state index contributed by atoms with van der Waals surface area (Å²) in [5, 5.41) is 2.76. The lowest BCUT2D eigenvalue weighted by molar-refractivity contribution is -0.118. The van der Waals surface area contributed by atoms with Crippen LogP contribution in [0.2, 0.25) is 0 Å². The summed E-state index contributed by atoms with van der Waals surface area (Å²) in [6.45, 7) is 7.34. The Morgan fingerprint density at radius 3 is 2.13 bits per heavy atom. The lowest BCUT2D eigenvalue weighted by atomic mass is 10.1. The van der Waals surface area contributed by atoms with Crippen molar-refractivity contribution in [1.82, 2.24) is 0 Å². The third kappa shape index (κ3) is 5.83. The van der Waals surface area contributed by atoms with Crippen molar-refractivity contribution in [2.75, 3.05) is 19.0 Å². The normalized spacial score (nSPS) is 11.5. The average Bonchev–Trinajstić information content (AvgIpc) is 2.73. The summed E-state index contributed by atoms with van der Waals surface area (Å²) in [6.07, 6.45) is -0.980. The predicted molar refractivity (Wildman–Crippen MR) is 113 cm³/mol. The van der Waals surface area contributed by atoms with Crippen LogP contribution in [-0.4, -0.2) is 37.5 Å². The quantitative estimate of drug-likeness (QED) is 0.491. The molecule has 0 unspecified atom stereocenters. The van der Waals surface area contributed by atoms with Crippen LogP contribution in [-0.2, 0) is 9.53 Å². The Kier molecular flexibility index (Phi) is 7.98. The average molecular weight is 413 g/mol. The zero-order chi connectivity index (χ0) is 22.3. The molecule has 1 atom stereocenters. The number of hydrogen-bond donors (Lipinski definition) is 1. The van der Waals surface area contributed by atoms with Gasteiger partial charge in [0.05, 0.1) is 19.3 Å². The summed E-state index contributed by atoms with van der Waals surface area (Å²) < 4.78 is 16.0. The fourth-order valence-electron chi connectivity index (χ4n) is 2.59. The number of anilines is 1. The minimum atomic E-state index is -0.980. The zero-order valence-corrected chi connectivity index (χ0v) is 17.9. The van der Waals surface area contributed by atoms with Crippen molar-refractivity contribution in [2.45, 2.75) is 33.8 Å². The standard InChI is InChI=1S/C23H27NO6/c1-6-29-20-13-17(9-12-19(20)28-5)23(27)30-15(4)21(25)16-7-10-18(11-8-16)24-22(26)14(2)3/h7-15H,6H2,1-5H3,(H,24,26)/t15-/m0/s1. The Balaban J connectivity index is 2.05. The Morgan fingerprint density at radius 2 is 1.57 bits per heavy atom. The molecular formula is C23H27NO6. The van der Waals surface area contributed by atoms with E-state index in [1.54, 1.807) is 50.2 Å². The second-order valence-corrected chi connectivity index (χ2v) is 6.93. The molecule has 0 saturated heterocycles. The number of esters is 1. The van der Waals surface area contributed by atoms with Gasteiger partial charge in [0.15, 0.2) is 17.6 Å². The maximum Gasteiger partial charge on any atom is 0.338 e. The maximum atomic E-state index is 12.6. The molecule has 0 aromatic heterocycles. The highest BCUT2D eigenvalue weighted by Crippen LogP contribution is 2.28. The molecule has 2 rings (SSSR count). The minimum Gasteiger partial charge on any atom is -0.493 e. The fourth-order valence-corrected chi connectivity index (χ4v) is 2.59. The smallest absolute Gasteiger partial charge is 0.338 e. The first-order valence-corrected chi connectivity index (χ1v) is 9.73. The van der Waals surface area contributed by atoms with Crippen molar-refractivity contribution < 1.29 is 28.6 Å². The molecule has 160 valence electrons. The van der Waals surface area contributed by atoms with Gasteiger partial charge in [-0.2, -0.15) is 0 Å². The number of carbonyl (C=O) groups is 3. The molecule has 0 spiro atoms. The number of carbonyl (C=O) groups excluding carboxylic acids is 3. The first-order chi connectivity index (χ1) is 14.3. The summed E-state index contributed by atoms with van der Waals surface area (Å²) >= 11 is 0. The molecule has 0 radical (unpaired) electrons. The summed E-state index contributed by atoms with van der Waals surface area (Å²) in [5.74, 6) is -0.312. The first kappa shape index (κ1) is 22.9. The number of nitrogens with one attached hydrogen (secondary N) is 1. The van der Waals surface area contributed by atoms with Gasteiger partial charge in [-0.3, -0.25) is 9.59 Å². The van der Waals surface area contributed by atoms with Gasteiger partial charge in [0.1, 0.15) is 0 Å². The van der Waals surface area contributed by atoms with Gasteiger partial charge < -0.3 is 19.5 Å². The van der Waals surface area contributed by atoms with Gasteiger partial charge in [-0.05, 0) is 56.3 Å². The van der Waals surface area contributed by atoms with Crippen LogP contribution < -0.4 is 14.8 Å². The van der Waals surface area contributed by atoms with Crippen molar-refractivity contribution in [3.05, 3.63) is 53.6 Å². The van der Waals surface area contributed by atoms with E-state index in [1.165, 1.54) is 20.1 Å². The molecule has 0 heterocycles. The molecular weight excluding hydrogens is 386 g/mol. The lowest BCUT2D eigenvalue weighted by Crippen LogP contribution is -2.24. The molecule has 1 amide bonds. The highest BCUT2D eigenvalue weighted by atomic mass is 16.5. The third-order valence-corrected chi connectivity index (χ3v) is 4.31. The molecule has 0 aliphatic rings. The summed E-state index contributed by atoms with van der Waals surface area (Å²) in [7, 11) is 1.51. The van der Waals surface area contributed by atoms with Gasteiger partial charge >= 0.3 is 5.97 Å². The number of methoxy groups -OCH3 is 1. The van der Waals surface area contributed by atoms with E-state index in [2.05, 4.69) is 5.32 Å². The van der Waals surface area contributed by atoms with Crippen molar-refractivity contribution in [1.29, 1.82) is 0 Å². The van der Waals surface area contributed by atoms with Crippen molar-refractivity contribution in [2.24, 2.45) is 5.92 Å². The van der Waals surface area contributed by atoms with E-state index in [4.69, 9.17) is 14.2 Å². The molecule has 0 bridgehead atoms. The molecule has 30 heavy (non-hydrogen) atoms. The molecule has 0 aliphatic heterocycles. The second kappa shape index (κ2) is 10.4. The Hall–Kier alpha value is -3.35. The van der Waals surface area contributed by atoms with Crippen LogP contribution in [0.4, 0.5) is 5.69 Å². The number of rotatable bonds is 9. The molecule has 7 nitrogen and oxygen atoms in total. The largest absolute Gasteiger partial charge is 0.493 e. The number of ether oxygens (including phenoxy) is 3. The van der Waals surface area contributed by atoms with Crippen molar-refractivity contribution >= 4 is 23.3 Å². The molecule has 0 saturated carbocycles. The van der Waals surface area contributed by atoms with E-state index in [0.717, 1.165) is 0 Å². The lowest BCUT2D eigenvalue weighted by Gasteiger charge is -2.14. The van der Waals surface area contributed by atoms with Crippen LogP contribution in [0.15, 0.2) is 42.5 Å². The molecule has 2 aromatic rings.